The fourth-order valence-electron chi connectivity index (χ4n) is 2.92. The molecule has 0 N–H and O–H groups in total. The van der Waals surface area contributed by atoms with Gasteiger partial charge in [-0.1, -0.05) is 6.07 Å². The van der Waals surface area contributed by atoms with Gasteiger partial charge in [0, 0.05) is 46.4 Å². The Hall–Kier alpha value is -2.37. The molecule has 2 amide bonds. The van der Waals surface area contributed by atoms with E-state index in [-0.39, 0.29) is 11.8 Å². The molecule has 6 nitrogen and oxygen atoms in total. The first-order valence-electron chi connectivity index (χ1n) is 7.92. The number of fused-ring (bicyclic) bond motifs is 1. The van der Waals surface area contributed by atoms with Gasteiger partial charge in [0.2, 0.25) is 11.8 Å². The largest absolute Gasteiger partial charge is 0.441 e. The van der Waals surface area contributed by atoms with Gasteiger partial charge in [-0.15, -0.1) is 0 Å². The molecule has 1 aromatic carbocycles. The van der Waals surface area contributed by atoms with Gasteiger partial charge in [0.15, 0.2) is 11.5 Å². The van der Waals surface area contributed by atoms with Gasteiger partial charge in [-0.05, 0) is 24.1 Å². The molecule has 1 aliphatic heterocycles. The standard InChI is InChI=1S/C17H21N3O3/c1-12-18-15-11-14(3-5-16(15)23-12)4-6-17(22)20-9-7-19(8-10-20)13(2)21/h3,5,11H,4,6-10H2,1-2H3. The van der Waals surface area contributed by atoms with Gasteiger partial charge in [-0.3, -0.25) is 9.59 Å². The summed E-state index contributed by atoms with van der Waals surface area (Å²) in [5.74, 6) is 0.870. The van der Waals surface area contributed by atoms with Crippen molar-refractivity contribution < 1.29 is 14.0 Å². The summed E-state index contributed by atoms with van der Waals surface area (Å²) in [6.45, 7) is 5.90. The fourth-order valence-corrected chi connectivity index (χ4v) is 2.92. The van der Waals surface area contributed by atoms with E-state index in [1.54, 1.807) is 11.8 Å². The molecule has 0 radical (unpaired) electrons. The number of oxazole rings is 1. The van der Waals surface area contributed by atoms with E-state index in [0.717, 1.165) is 16.7 Å². The van der Waals surface area contributed by atoms with Crippen LogP contribution >= 0.6 is 0 Å². The van der Waals surface area contributed by atoms with Crippen molar-refractivity contribution in [3.63, 3.8) is 0 Å². The number of benzene rings is 1. The molecule has 0 saturated carbocycles. The third-order valence-electron chi connectivity index (χ3n) is 4.26. The van der Waals surface area contributed by atoms with Crippen LogP contribution in [0.2, 0.25) is 0 Å². The average molecular weight is 315 g/mol. The summed E-state index contributed by atoms with van der Waals surface area (Å²) in [6, 6.07) is 5.86. The van der Waals surface area contributed by atoms with Crippen LogP contribution in [0.1, 0.15) is 24.8 Å². The Morgan fingerprint density at radius 3 is 2.57 bits per heavy atom. The highest BCUT2D eigenvalue weighted by molar-refractivity contribution is 5.78. The number of carbonyl (C=O) groups excluding carboxylic acids is 2. The molecule has 0 aliphatic carbocycles. The van der Waals surface area contributed by atoms with Crippen LogP contribution in [0.5, 0.6) is 0 Å². The number of piperazine rings is 1. The number of rotatable bonds is 3. The molecular weight excluding hydrogens is 294 g/mol. The normalized spacial score (nSPS) is 15.2. The number of aromatic nitrogens is 1. The molecule has 0 bridgehead atoms. The molecule has 23 heavy (non-hydrogen) atoms. The molecule has 6 heteroatoms. The van der Waals surface area contributed by atoms with Gasteiger partial charge >= 0.3 is 0 Å². The van der Waals surface area contributed by atoms with Crippen LogP contribution in [0.15, 0.2) is 22.6 Å². The minimum atomic E-state index is 0.0771. The van der Waals surface area contributed by atoms with Crippen LogP contribution in [0, 0.1) is 6.92 Å². The van der Waals surface area contributed by atoms with Crippen LogP contribution in [0.4, 0.5) is 0 Å². The molecule has 0 spiro atoms. The van der Waals surface area contributed by atoms with Crippen LogP contribution in [0.3, 0.4) is 0 Å². The number of amides is 2. The molecule has 1 saturated heterocycles. The van der Waals surface area contributed by atoms with Crippen molar-refractivity contribution in [1.29, 1.82) is 0 Å². The van der Waals surface area contributed by atoms with Gasteiger partial charge in [0.05, 0.1) is 0 Å². The van der Waals surface area contributed by atoms with Gasteiger partial charge < -0.3 is 14.2 Å². The third-order valence-corrected chi connectivity index (χ3v) is 4.26. The molecule has 1 aromatic heterocycles. The van der Waals surface area contributed by atoms with Crippen molar-refractivity contribution >= 4 is 22.9 Å². The number of aryl methyl sites for hydroxylation is 2. The van der Waals surface area contributed by atoms with Crippen LogP contribution in [-0.2, 0) is 16.0 Å². The highest BCUT2D eigenvalue weighted by atomic mass is 16.3. The Bertz CT molecular complexity index is 730. The van der Waals surface area contributed by atoms with Crippen molar-refractivity contribution in [2.75, 3.05) is 26.2 Å². The van der Waals surface area contributed by atoms with E-state index in [4.69, 9.17) is 4.42 Å². The average Bonchev–Trinajstić information content (AvgIpc) is 2.92. The van der Waals surface area contributed by atoms with Crippen LogP contribution < -0.4 is 0 Å². The third kappa shape index (κ3) is 3.52. The van der Waals surface area contributed by atoms with E-state index in [2.05, 4.69) is 4.98 Å². The highest BCUT2D eigenvalue weighted by Crippen LogP contribution is 2.18. The van der Waals surface area contributed by atoms with E-state index in [1.807, 2.05) is 30.0 Å². The minimum Gasteiger partial charge on any atom is -0.441 e. The summed E-state index contributed by atoms with van der Waals surface area (Å²) in [5.41, 5.74) is 2.70. The van der Waals surface area contributed by atoms with Crippen LogP contribution in [0.25, 0.3) is 11.1 Å². The Kier molecular flexibility index (Phi) is 4.32. The topological polar surface area (TPSA) is 66.7 Å². The molecule has 1 aliphatic rings. The zero-order chi connectivity index (χ0) is 16.4. The van der Waals surface area contributed by atoms with Crippen LogP contribution in [-0.4, -0.2) is 52.8 Å². The van der Waals surface area contributed by atoms with Crippen molar-refractivity contribution in [1.82, 2.24) is 14.8 Å². The second kappa shape index (κ2) is 6.40. The molecule has 0 atom stereocenters. The summed E-state index contributed by atoms with van der Waals surface area (Å²) in [7, 11) is 0. The Balaban J connectivity index is 1.55. The second-order valence-corrected chi connectivity index (χ2v) is 5.92. The molecule has 2 heterocycles. The molecule has 3 rings (SSSR count). The monoisotopic (exact) mass is 315 g/mol. The summed E-state index contributed by atoms with van der Waals surface area (Å²) >= 11 is 0. The molecule has 122 valence electrons. The van der Waals surface area contributed by atoms with E-state index >= 15 is 0 Å². The number of nitrogens with zero attached hydrogens (tertiary/aromatic N) is 3. The first-order chi connectivity index (χ1) is 11.0. The summed E-state index contributed by atoms with van der Waals surface area (Å²) in [4.78, 5) is 31.6. The molecular formula is C17H21N3O3. The van der Waals surface area contributed by atoms with E-state index in [0.29, 0.717) is 44.9 Å². The minimum absolute atomic E-state index is 0.0771. The maximum Gasteiger partial charge on any atom is 0.223 e. The lowest BCUT2D eigenvalue weighted by Crippen LogP contribution is -2.50. The molecule has 0 unspecified atom stereocenters. The van der Waals surface area contributed by atoms with Crippen molar-refractivity contribution in [2.45, 2.75) is 26.7 Å². The Morgan fingerprint density at radius 1 is 1.17 bits per heavy atom. The molecule has 1 fully saturated rings. The van der Waals surface area contributed by atoms with Gasteiger partial charge in [0.25, 0.3) is 0 Å². The summed E-state index contributed by atoms with van der Waals surface area (Å²) in [6.07, 6.45) is 1.16. The number of hydrogen-bond acceptors (Lipinski definition) is 4. The number of hydrogen-bond donors (Lipinski definition) is 0. The number of carbonyl (C=O) groups is 2. The second-order valence-electron chi connectivity index (χ2n) is 5.92. The van der Waals surface area contributed by atoms with Crippen molar-refractivity contribution in [3.8, 4) is 0 Å². The zero-order valence-electron chi connectivity index (χ0n) is 13.5. The summed E-state index contributed by atoms with van der Waals surface area (Å²) < 4.78 is 5.45. The Labute approximate surface area is 135 Å². The maximum absolute atomic E-state index is 12.3. The van der Waals surface area contributed by atoms with Crippen molar-refractivity contribution in [3.05, 3.63) is 29.7 Å². The van der Waals surface area contributed by atoms with E-state index in [1.165, 1.54) is 0 Å². The predicted molar refractivity (Wildman–Crippen MR) is 85.9 cm³/mol. The van der Waals surface area contributed by atoms with E-state index in [9.17, 15) is 9.59 Å². The quantitative estimate of drug-likeness (QED) is 0.865. The van der Waals surface area contributed by atoms with Gasteiger partial charge in [0.1, 0.15) is 5.52 Å². The van der Waals surface area contributed by atoms with E-state index < -0.39 is 0 Å². The first kappa shape index (κ1) is 15.5. The van der Waals surface area contributed by atoms with Gasteiger partial charge in [-0.25, -0.2) is 4.98 Å². The Morgan fingerprint density at radius 2 is 1.87 bits per heavy atom. The SMILES string of the molecule is CC(=O)N1CCN(C(=O)CCc2ccc3oc(C)nc3c2)CC1. The maximum atomic E-state index is 12.3. The smallest absolute Gasteiger partial charge is 0.223 e. The highest BCUT2D eigenvalue weighted by Gasteiger charge is 2.21. The fraction of sp³-hybridized carbons (Fsp3) is 0.471. The van der Waals surface area contributed by atoms with Gasteiger partial charge in [-0.2, -0.15) is 0 Å². The molecule has 2 aromatic rings. The predicted octanol–water partition coefficient (Wildman–Crippen LogP) is 1.76. The lowest BCUT2D eigenvalue weighted by Gasteiger charge is -2.34. The van der Waals surface area contributed by atoms with Crippen molar-refractivity contribution in [2.24, 2.45) is 0 Å². The first-order valence-corrected chi connectivity index (χ1v) is 7.92. The lowest BCUT2D eigenvalue weighted by atomic mass is 10.1. The lowest BCUT2D eigenvalue weighted by molar-refractivity contribution is -0.138. The summed E-state index contributed by atoms with van der Waals surface area (Å²) in [5, 5.41) is 0. The zero-order valence-corrected chi connectivity index (χ0v) is 13.5.